The van der Waals surface area contributed by atoms with Crippen molar-refractivity contribution in [3.63, 3.8) is 0 Å². The van der Waals surface area contributed by atoms with Crippen LogP contribution in [0.5, 0.6) is 5.75 Å². The molecule has 12 nitrogen and oxygen atoms in total. The van der Waals surface area contributed by atoms with E-state index in [1.165, 1.54) is 11.6 Å². The fourth-order valence-corrected chi connectivity index (χ4v) is 6.99. The molecule has 0 radical (unpaired) electrons. The highest BCUT2D eigenvalue weighted by atomic mass is 31.2. The highest BCUT2D eigenvalue weighted by Crippen LogP contribution is 2.58. The van der Waals surface area contributed by atoms with Gasteiger partial charge < -0.3 is 34.6 Å². The Morgan fingerprint density at radius 1 is 1.18 bits per heavy atom. The van der Waals surface area contributed by atoms with E-state index in [0.29, 0.717) is 18.2 Å². The van der Waals surface area contributed by atoms with E-state index in [2.05, 4.69) is 5.32 Å². The Morgan fingerprint density at radius 2 is 1.92 bits per heavy atom. The van der Waals surface area contributed by atoms with E-state index >= 15 is 0 Å². The molecule has 0 bridgehead atoms. The van der Waals surface area contributed by atoms with Crippen molar-refractivity contribution in [2.45, 2.75) is 63.4 Å². The van der Waals surface area contributed by atoms with Crippen LogP contribution in [-0.4, -0.2) is 88.3 Å². The van der Waals surface area contributed by atoms with Crippen molar-refractivity contribution in [2.24, 2.45) is 0 Å². The normalized spacial score (nSPS) is 29.5. The number of nitrogens with one attached hydrogen (secondary N) is 1. The molecule has 0 saturated carbocycles. The van der Waals surface area contributed by atoms with Crippen molar-refractivity contribution in [2.75, 3.05) is 19.8 Å². The van der Waals surface area contributed by atoms with E-state index in [1.807, 2.05) is 18.2 Å². The van der Waals surface area contributed by atoms with E-state index in [1.54, 1.807) is 31.2 Å². The zero-order valence-corrected chi connectivity index (χ0v) is 22.0. The number of aliphatic hydroxyl groups is 3. The molecule has 2 aromatic carbocycles. The zero-order chi connectivity index (χ0) is 27.4. The van der Waals surface area contributed by atoms with Gasteiger partial charge in [-0.1, -0.05) is 36.4 Å². The number of carbonyl (C=O) groups is 2. The number of amides is 1. The van der Waals surface area contributed by atoms with E-state index in [-0.39, 0.29) is 18.9 Å². The van der Waals surface area contributed by atoms with Crippen LogP contribution in [0.2, 0.25) is 0 Å². The number of hydrogen-bond donors (Lipinski definition) is 4. The molecule has 2 saturated heterocycles. The maximum Gasteiger partial charge on any atom is 0.462 e. The first-order valence-electron chi connectivity index (χ1n) is 12.5. The topological polar surface area (TPSA) is 164 Å². The van der Waals surface area contributed by atoms with Crippen LogP contribution in [0, 0.1) is 0 Å². The van der Waals surface area contributed by atoms with Crippen LogP contribution in [0.1, 0.15) is 26.7 Å². The number of hydrogen-bond acceptors (Lipinski definition) is 10. The molecule has 1 amide bonds. The third-order valence-electron chi connectivity index (χ3n) is 6.56. The predicted octanol–water partition coefficient (Wildman–Crippen LogP) is 1.31. The Bertz CT molecular complexity index is 1190. The zero-order valence-electron chi connectivity index (χ0n) is 21.1. The second-order valence-electron chi connectivity index (χ2n) is 9.14. The Kier molecular flexibility index (Phi) is 9.04. The van der Waals surface area contributed by atoms with Crippen molar-refractivity contribution in [1.82, 2.24) is 9.99 Å². The molecule has 2 heterocycles. The minimum absolute atomic E-state index is 0.117. The summed E-state index contributed by atoms with van der Waals surface area (Å²) in [6.45, 7) is 2.44. The summed E-state index contributed by atoms with van der Waals surface area (Å²) in [6, 6.07) is 10.1. The number of esters is 1. The lowest BCUT2D eigenvalue weighted by molar-refractivity contribution is -0.250. The van der Waals surface area contributed by atoms with Crippen LogP contribution in [0.25, 0.3) is 10.8 Å². The van der Waals surface area contributed by atoms with E-state index in [9.17, 15) is 29.5 Å². The summed E-state index contributed by atoms with van der Waals surface area (Å²) in [5, 5.41) is 35.1. The lowest BCUT2D eigenvalue weighted by atomic mass is 9.97. The Balaban J connectivity index is 1.78. The van der Waals surface area contributed by atoms with Crippen LogP contribution >= 0.6 is 7.75 Å². The number of carbonyl (C=O) groups excluding carboxylic acids is 2. The Labute approximate surface area is 220 Å². The van der Waals surface area contributed by atoms with E-state index in [4.69, 9.17) is 18.5 Å². The molecule has 0 aliphatic carbocycles. The molecule has 2 aliphatic heterocycles. The van der Waals surface area contributed by atoms with Gasteiger partial charge in [0.2, 0.25) is 5.91 Å². The molecule has 4 rings (SSSR count). The highest BCUT2D eigenvalue weighted by Gasteiger charge is 2.54. The van der Waals surface area contributed by atoms with Gasteiger partial charge in [0.15, 0.2) is 6.29 Å². The van der Waals surface area contributed by atoms with Crippen LogP contribution in [0.4, 0.5) is 0 Å². The van der Waals surface area contributed by atoms with Gasteiger partial charge in [-0.25, -0.2) is 4.57 Å². The van der Waals surface area contributed by atoms with Gasteiger partial charge in [0.25, 0.3) is 0 Å². The average Bonchev–Trinajstić information content (AvgIpc) is 3.40. The summed E-state index contributed by atoms with van der Waals surface area (Å²) >= 11 is 0. The minimum Gasteiger partial charge on any atom is -0.465 e. The van der Waals surface area contributed by atoms with Crippen molar-refractivity contribution >= 4 is 30.4 Å². The van der Waals surface area contributed by atoms with Crippen molar-refractivity contribution in [3.8, 4) is 5.75 Å². The fourth-order valence-electron chi connectivity index (χ4n) is 4.81. The molecule has 0 aromatic heterocycles. The Morgan fingerprint density at radius 3 is 2.63 bits per heavy atom. The summed E-state index contributed by atoms with van der Waals surface area (Å²) in [7, 11) is -4.50. The maximum absolute atomic E-state index is 14.8. The van der Waals surface area contributed by atoms with Gasteiger partial charge in [0.1, 0.15) is 36.1 Å². The monoisotopic (exact) mass is 552 g/mol. The first kappa shape index (κ1) is 28.4. The van der Waals surface area contributed by atoms with Crippen molar-refractivity contribution < 1.29 is 48.0 Å². The first-order chi connectivity index (χ1) is 18.2. The predicted molar refractivity (Wildman–Crippen MR) is 135 cm³/mol. The molecule has 2 aliphatic rings. The van der Waals surface area contributed by atoms with Crippen LogP contribution < -0.4 is 9.84 Å². The summed E-state index contributed by atoms with van der Waals surface area (Å²) in [4.78, 5) is 24.7. The van der Waals surface area contributed by atoms with Gasteiger partial charge in [0.05, 0.1) is 13.2 Å². The van der Waals surface area contributed by atoms with Gasteiger partial charge in [-0.2, -0.15) is 4.67 Å². The highest BCUT2D eigenvalue weighted by molar-refractivity contribution is 7.51. The average molecular weight is 553 g/mol. The lowest BCUT2D eigenvalue weighted by Crippen LogP contribution is -2.64. The Hall–Kier alpha value is -2.57. The molecule has 2 fully saturated rings. The smallest absolute Gasteiger partial charge is 0.462 e. The number of rotatable bonds is 9. The molecular weight excluding hydrogens is 519 g/mol. The molecule has 208 valence electrons. The molecule has 0 spiro atoms. The van der Waals surface area contributed by atoms with E-state index < -0.39 is 62.9 Å². The SMILES string of the molecule is CCOC(=O)C1CCCN1P(=O)(Oc1cccc2ccccc12)O[C@H]1[C@H](O)[C@@H](CO)O[C@H](O)[C@@H]1NC(C)=O. The molecule has 7 atom stereocenters. The number of aliphatic hydroxyl groups excluding tert-OH is 3. The van der Waals surface area contributed by atoms with Crippen LogP contribution in [0.3, 0.4) is 0 Å². The van der Waals surface area contributed by atoms with Gasteiger partial charge in [-0.05, 0) is 31.2 Å². The quantitative estimate of drug-likeness (QED) is 0.262. The van der Waals surface area contributed by atoms with Crippen LogP contribution in [0.15, 0.2) is 42.5 Å². The van der Waals surface area contributed by atoms with Crippen molar-refractivity contribution in [3.05, 3.63) is 42.5 Å². The molecule has 38 heavy (non-hydrogen) atoms. The van der Waals surface area contributed by atoms with Gasteiger partial charge in [-0.15, -0.1) is 0 Å². The molecule has 2 aromatic rings. The number of nitrogens with zero attached hydrogens (tertiary/aromatic N) is 1. The van der Waals surface area contributed by atoms with Crippen molar-refractivity contribution in [1.29, 1.82) is 0 Å². The van der Waals surface area contributed by atoms with Gasteiger partial charge in [0, 0.05) is 18.9 Å². The fraction of sp³-hybridized carbons (Fsp3) is 0.520. The second-order valence-corrected chi connectivity index (χ2v) is 11.0. The number of fused-ring (bicyclic) bond motifs is 1. The standard InChI is InChI=1S/C25H33N2O10P/c1-3-34-24(31)18-11-7-13-27(18)38(33,36-19-12-6-9-16-8-4-5-10-17(16)19)37-23-21(26-15(2)29)25(32)35-20(14-28)22(23)30/h4-6,8-10,12,18,20-23,25,28,30,32H,3,7,11,13-14H2,1-2H3,(H,26,29)/t18?,20-,21-,22-,23-,25+,38?/m1/s1. The maximum atomic E-state index is 14.8. The van der Waals surface area contributed by atoms with Gasteiger partial charge in [-0.3, -0.25) is 14.1 Å². The molecule has 2 unspecified atom stereocenters. The first-order valence-corrected chi connectivity index (χ1v) is 14.0. The summed E-state index contributed by atoms with van der Waals surface area (Å²) in [5.74, 6) is -0.969. The molecule has 4 N–H and O–H groups in total. The third kappa shape index (κ3) is 5.86. The summed E-state index contributed by atoms with van der Waals surface area (Å²) in [5.41, 5.74) is 0. The largest absolute Gasteiger partial charge is 0.465 e. The van der Waals surface area contributed by atoms with Gasteiger partial charge >= 0.3 is 13.7 Å². The molecule has 13 heteroatoms. The number of ether oxygens (including phenoxy) is 2. The summed E-state index contributed by atoms with van der Waals surface area (Å²) in [6.07, 6.45) is -5.33. The summed E-state index contributed by atoms with van der Waals surface area (Å²) < 4.78 is 38.6. The lowest BCUT2D eigenvalue weighted by Gasteiger charge is -2.44. The third-order valence-corrected chi connectivity index (χ3v) is 8.60. The molecular formula is C25H33N2O10P. The van der Waals surface area contributed by atoms with Crippen LogP contribution in [-0.2, 0) is 28.2 Å². The van der Waals surface area contributed by atoms with E-state index in [0.717, 1.165) is 5.39 Å². The second kappa shape index (κ2) is 12.1. The number of benzene rings is 2. The minimum atomic E-state index is -4.50.